The van der Waals surface area contributed by atoms with Crippen LogP contribution < -0.4 is 31.8 Å². The monoisotopic (exact) mass is 387 g/mol. The van der Waals surface area contributed by atoms with E-state index < -0.39 is 18.3 Å². The number of alkyl halides is 1. The van der Waals surface area contributed by atoms with Gasteiger partial charge in [-0.1, -0.05) is 11.9 Å². The van der Waals surface area contributed by atoms with Crippen LogP contribution in [0.5, 0.6) is 0 Å². The molecular formula is C16H30FN7OS. The highest BCUT2D eigenvalue weighted by Gasteiger charge is 2.48. The fourth-order valence-electron chi connectivity index (χ4n) is 4.83. The van der Waals surface area contributed by atoms with Crippen LogP contribution in [0.2, 0.25) is 0 Å². The molecule has 7 unspecified atom stereocenters. The molecule has 0 radical (unpaired) electrons. The van der Waals surface area contributed by atoms with E-state index in [2.05, 4.69) is 33.0 Å². The first kappa shape index (κ1) is 18.9. The number of nitrogens with zero attached hydrogens (tertiary/aromatic N) is 1. The summed E-state index contributed by atoms with van der Waals surface area (Å²) in [5.41, 5.74) is 9.20. The summed E-state index contributed by atoms with van der Waals surface area (Å²) in [6, 6.07) is 0.361. The van der Waals surface area contributed by atoms with Crippen LogP contribution in [0.1, 0.15) is 19.8 Å². The van der Waals surface area contributed by atoms with Gasteiger partial charge >= 0.3 is 0 Å². The Labute approximate surface area is 158 Å². The normalized spacial score (nSPS) is 44.8. The fraction of sp³-hybridized carbons (Fsp3) is 0.938. The number of halogens is 1. The summed E-state index contributed by atoms with van der Waals surface area (Å²) in [4.78, 5) is 13.0. The van der Waals surface area contributed by atoms with Crippen LogP contribution in [0.25, 0.3) is 0 Å². The lowest BCUT2D eigenvalue weighted by molar-refractivity contribution is -0.127. The van der Waals surface area contributed by atoms with Crippen molar-refractivity contribution in [3.05, 3.63) is 0 Å². The quantitative estimate of drug-likeness (QED) is 0.331. The predicted octanol–water partition coefficient (Wildman–Crippen LogP) is -1.33. The zero-order valence-electron chi connectivity index (χ0n) is 15.1. The highest BCUT2D eigenvalue weighted by atomic mass is 32.2. The Morgan fingerprint density at radius 1 is 1.35 bits per heavy atom. The van der Waals surface area contributed by atoms with E-state index in [0.29, 0.717) is 17.9 Å². The van der Waals surface area contributed by atoms with E-state index in [-0.39, 0.29) is 30.5 Å². The first-order valence-electron chi connectivity index (χ1n) is 9.62. The van der Waals surface area contributed by atoms with Crippen LogP contribution in [-0.2, 0) is 4.79 Å². The Kier molecular flexibility index (Phi) is 5.70. The van der Waals surface area contributed by atoms with Crippen molar-refractivity contribution in [1.29, 1.82) is 0 Å². The molecular weight excluding hydrogens is 357 g/mol. The van der Waals surface area contributed by atoms with Gasteiger partial charge in [0.1, 0.15) is 6.17 Å². The largest absolute Gasteiger partial charge is 0.342 e. The molecule has 26 heavy (non-hydrogen) atoms. The van der Waals surface area contributed by atoms with Crippen molar-refractivity contribution in [3.63, 3.8) is 0 Å². The van der Waals surface area contributed by atoms with Gasteiger partial charge < -0.3 is 16.4 Å². The zero-order chi connectivity index (χ0) is 18.3. The average molecular weight is 388 g/mol. The van der Waals surface area contributed by atoms with Crippen molar-refractivity contribution in [1.82, 2.24) is 31.1 Å². The van der Waals surface area contributed by atoms with Gasteiger partial charge in [-0.25, -0.2) is 14.8 Å². The second kappa shape index (κ2) is 7.86. The smallest absolute Gasteiger partial charge is 0.230 e. The fourth-order valence-corrected chi connectivity index (χ4v) is 6.13. The van der Waals surface area contributed by atoms with Gasteiger partial charge in [-0.3, -0.25) is 14.8 Å². The first-order chi connectivity index (χ1) is 12.5. The van der Waals surface area contributed by atoms with E-state index in [1.807, 2.05) is 0 Å². The molecule has 4 fully saturated rings. The Balaban J connectivity index is 1.42. The maximum absolute atomic E-state index is 13.6. The number of nitrogens with one attached hydrogen (secondary N) is 5. The molecule has 0 aliphatic carbocycles. The lowest BCUT2D eigenvalue weighted by Gasteiger charge is -2.35. The molecule has 1 amide bonds. The van der Waals surface area contributed by atoms with Crippen molar-refractivity contribution in [2.24, 2.45) is 23.5 Å². The number of fused-ring (bicyclic) bond motifs is 1. The molecule has 4 heterocycles. The summed E-state index contributed by atoms with van der Waals surface area (Å²) in [7, 11) is 0. The third kappa shape index (κ3) is 3.60. The molecule has 0 aromatic carbocycles. The predicted molar refractivity (Wildman–Crippen MR) is 99.2 cm³/mol. The van der Waals surface area contributed by atoms with Crippen molar-refractivity contribution in [2.45, 2.75) is 49.7 Å². The van der Waals surface area contributed by atoms with Crippen LogP contribution in [0.3, 0.4) is 0 Å². The van der Waals surface area contributed by atoms with Crippen LogP contribution in [0.15, 0.2) is 0 Å². The number of hydrogen-bond acceptors (Lipinski definition) is 8. The highest BCUT2D eigenvalue weighted by molar-refractivity contribution is 7.98. The molecule has 7 N–H and O–H groups in total. The summed E-state index contributed by atoms with van der Waals surface area (Å²) in [5.74, 6) is 0.510. The molecule has 8 nitrogen and oxygen atoms in total. The molecule has 0 spiro atoms. The number of piperidine rings is 1. The maximum atomic E-state index is 13.6. The SMILES string of the molecule is CC1NSC(NC(=O)C2C(N)NN3CC(F)CNC23)C1C1CCNCC1. The minimum absolute atomic E-state index is 0.0411. The van der Waals surface area contributed by atoms with E-state index in [1.165, 1.54) is 0 Å². The van der Waals surface area contributed by atoms with E-state index in [9.17, 15) is 9.18 Å². The minimum Gasteiger partial charge on any atom is -0.342 e. The molecule has 4 aliphatic heterocycles. The molecule has 4 rings (SSSR count). The zero-order valence-corrected chi connectivity index (χ0v) is 15.9. The number of amides is 1. The van der Waals surface area contributed by atoms with Gasteiger partial charge in [0, 0.05) is 25.0 Å². The van der Waals surface area contributed by atoms with Gasteiger partial charge in [0.15, 0.2) is 0 Å². The number of hydrazine groups is 1. The Morgan fingerprint density at radius 2 is 2.12 bits per heavy atom. The van der Waals surface area contributed by atoms with Gasteiger partial charge in [-0.05, 0) is 38.8 Å². The van der Waals surface area contributed by atoms with Gasteiger partial charge in [0.25, 0.3) is 0 Å². The molecule has 0 saturated carbocycles. The number of hydrogen-bond donors (Lipinski definition) is 6. The summed E-state index contributed by atoms with van der Waals surface area (Å²) in [6.07, 6.45) is 0.569. The summed E-state index contributed by atoms with van der Waals surface area (Å²) in [5, 5.41) is 11.5. The van der Waals surface area contributed by atoms with Crippen molar-refractivity contribution >= 4 is 17.9 Å². The van der Waals surface area contributed by atoms with E-state index in [4.69, 9.17) is 5.73 Å². The average Bonchev–Trinajstić information content (AvgIpc) is 3.14. The molecule has 148 valence electrons. The number of rotatable bonds is 3. The number of carbonyl (C=O) groups is 1. The highest BCUT2D eigenvalue weighted by Crippen LogP contribution is 2.37. The molecule has 10 heteroatoms. The molecule has 7 atom stereocenters. The lowest BCUT2D eigenvalue weighted by Crippen LogP contribution is -2.59. The topological polar surface area (TPSA) is 106 Å². The number of carbonyl (C=O) groups excluding carboxylic acids is 1. The summed E-state index contributed by atoms with van der Waals surface area (Å²) < 4.78 is 17.0. The Bertz CT molecular complexity index is 523. The number of nitrogens with two attached hydrogens (primary N) is 1. The van der Waals surface area contributed by atoms with Crippen molar-refractivity contribution in [2.75, 3.05) is 26.2 Å². The third-order valence-electron chi connectivity index (χ3n) is 6.14. The molecule has 4 aliphatic rings. The van der Waals surface area contributed by atoms with Crippen LogP contribution in [0, 0.1) is 17.8 Å². The van der Waals surface area contributed by atoms with Gasteiger partial charge in [-0.15, -0.1) is 0 Å². The second-order valence-electron chi connectivity index (χ2n) is 7.90. The minimum atomic E-state index is -0.951. The van der Waals surface area contributed by atoms with Crippen LogP contribution in [0.4, 0.5) is 4.39 Å². The molecule has 0 aromatic rings. The third-order valence-corrected chi connectivity index (χ3v) is 7.34. The van der Waals surface area contributed by atoms with Crippen LogP contribution in [-0.4, -0.2) is 67.0 Å². The summed E-state index contributed by atoms with van der Waals surface area (Å²) >= 11 is 1.61. The van der Waals surface area contributed by atoms with Gasteiger partial charge in [0.2, 0.25) is 5.91 Å². The lowest BCUT2D eigenvalue weighted by atomic mass is 9.80. The molecule has 0 aromatic heterocycles. The van der Waals surface area contributed by atoms with E-state index in [1.54, 1.807) is 17.0 Å². The second-order valence-corrected chi connectivity index (χ2v) is 8.88. The first-order valence-corrected chi connectivity index (χ1v) is 10.5. The standard InChI is InChI=1S/C16H30FN7OS/c1-8-11(9-2-4-19-5-3-9)16(26-23-8)21-15(25)12-13(18)22-24-7-10(17)6-20-14(12)24/h8-14,16,19-20,22-23H,2-7,18H2,1H3,(H,21,25). The van der Waals surface area contributed by atoms with Gasteiger partial charge in [-0.2, -0.15) is 0 Å². The maximum Gasteiger partial charge on any atom is 0.230 e. The van der Waals surface area contributed by atoms with Crippen molar-refractivity contribution in [3.8, 4) is 0 Å². The van der Waals surface area contributed by atoms with Gasteiger partial charge in [0.05, 0.1) is 23.6 Å². The molecule has 4 saturated heterocycles. The Morgan fingerprint density at radius 3 is 2.88 bits per heavy atom. The van der Waals surface area contributed by atoms with E-state index in [0.717, 1.165) is 25.9 Å². The molecule has 0 bridgehead atoms. The summed E-state index contributed by atoms with van der Waals surface area (Å²) in [6.45, 7) is 4.79. The van der Waals surface area contributed by atoms with Crippen LogP contribution >= 0.6 is 11.9 Å². The Hall–Kier alpha value is -0.490. The van der Waals surface area contributed by atoms with Crippen molar-refractivity contribution < 1.29 is 9.18 Å². The van der Waals surface area contributed by atoms with E-state index >= 15 is 0 Å².